The number of carbonyl (C=O) groups is 1. The molecule has 156 valence electrons. The summed E-state index contributed by atoms with van der Waals surface area (Å²) in [5.74, 6) is 1.26. The van der Waals surface area contributed by atoms with Gasteiger partial charge in [-0.15, -0.1) is 12.4 Å². The third kappa shape index (κ3) is 5.01. The molecular formula is C20H23BrClN3O3S. The van der Waals surface area contributed by atoms with Crippen LogP contribution in [0, 0.1) is 0 Å². The number of amides is 1. The Balaban J connectivity index is 0.00000300. The van der Waals surface area contributed by atoms with Gasteiger partial charge in [-0.1, -0.05) is 23.5 Å². The summed E-state index contributed by atoms with van der Waals surface area (Å²) in [5, 5.41) is 0.611. The number of hydrogen-bond donors (Lipinski definition) is 0. The van der Waals surface area contributed by atoms with Gasteiger partial charge in [-0.3, -0.25) is 9.69 Å². The van der Waals surface area contributed by atoms with Crippen molar-refractivity contribution in [3.8, 4) is 11.5 Å². The van der Waals surface area contributed by atoms with Crippen molar-refractivity contribution in [2.45, 2.75) is 0 Å². The minimum Gasteiger partial charge on any atom is -0.495 e. The molecule has 29 heavy (non-hydrogen) atoms. The lowest BCUT2D eigenvalue weighted by molar-refractivity contribution is 0.0984. The maximum absolute atomic E-state index is 13.3. The second kappa shape index (κ2) is 10.2. The van der Waals surface area contributed by atoms with Crippen LogP contribution in [0.1, 0.15) is 10.4 Å². The van der Waals surface area contributed by atoms with Crippen molar-refractivity contribution in [2.24, 2.45) is 0 Å². The number of aromatic nitrogens is 1. The standard InChI is InChI=1S/C20H22BrN3O3S.ClH/c1-23(2)11-12-24(19(25)13-7-5-6-8-14(13)21)20-22-17-15(26-3)9-10-16(27-4)18(17)28-20;/h5-10H,11-12H2,1-4H3;1H. The maximum Gasteiger partial charge on any atom is 0.261 e. The zero-order chi connectivity index (χ0) is 20.3. The molecule has 2 aromatic carbocycles. The maximum atomic E-state index is 13.3. The van der Waals surface area contributed by atoms with E-state index in [2.05, 4.69) is 15.9 Å². The van der Waals surface area contributed by atoms with E-state index in [1.807, 2.05) is 55.4 Å². The van der Waals surface area contributed by atoms with Crippen molar-refractivity contribution in [1.29, 1.82) is 0 Å². The Kier molecular flexibility index (Phi) is 8.27. The summed E-state index contributed by atoms with van der Waals surface area (Å²) < 4.78 is 12.5. The molecule has 0 N–H and O–H groups in total. The Morgan fingerprint density at radius 2 is 1.72 bits per heavy atom. The number of thiazole rings is 1. The van der Waals surface area contributed by atoms with Crippen LogP contribution in [0.25, 0.3) is 10.2 Å². The Morgan fingerprint density at radius 1 is 1.07 bits per heavy atom. The van der Waals surface area contributed by atoms with E-state index in [0.29, 0.717) is 40.8 Å². The zero-order valence-electron chi connectivity index (χ0n) is 16.6. The number of carbonyl (C=O) groups excluding carboxylic acids is 1. The molecule has 0 aliphatic heterocycles. The molecule has 0 saturated heterocycles. The number of fused-ring (bicyclic) bond motifs is 1. The minimum absolute atomic E-state index is 0. The van der Waals surface area contributed by atoms with Crippen LogP contribution in [-0.2, 0) is 0 Å². The second-order valence-corrected chi connectivity index (χ2v) is 8.22. The zero-order valence-corrected chi connectivity index (χ0v) is 19.9. The summed E-state index contributed by atoms with van der Waals surface area (Å²) in [6, 6.07) is 11.1. The van der Waals surface area contributed by atoms with Gasteiger partial charge in [-0.25, -0.2) is 4.98 Å². The molecule has 0 radical (unpaired) electrons. The predicted molar refractivity (Wildman–Crippen MR) is 124 cm³/mol. The summed E-state index contributed by atoms with van der Waals surface area (Å²) in [5.41, 5.74) is 1.29. The molecule has 9 heteroatoms. The molecule has 0 bridgehead atoms. The van der Waals surface area contributed by atoms with Crippen molar-refractivity contribution in [3.63, 3.8) is 0 Å². The lowest BCUT2D eigenvalue weighted by atomic mass is 10.2. The molecule has 0 spiro atoms. The van der Waals surface area contributed by atoms with Gasteiger partial charge in [0.05, 0.1) is 19.8 Å². The number of halogens is 2. The fourth-order valence-corrected chi connectivity index (χ4v) is 4.31. The number of ether oxygens (including phenoxy) is 2. The van der Waals surface area contributed by atoms with Crippen LogP contribution in [0.5, 0.6) is 11.5 Å². The summed E-state index contributed by atoms with van der Waals surface area (Å²) in [4.78, 5) is 21.8. The highest BCUT2D eigenvalue weighted by Crippen LogP contribution is 2.40. The first-order chi connectivity index (χ1) is 13.5. The molecule has 1 heterocycles. The average Bonchev–Trinajstić information content (AvgIpc) is 3.12. The van der Waals surface area contributed by atoms with Crippen LogP contribution in [0.4, 0.5) is 5.13 Å². The first-order valence-electron chi connectivity index (χ1n) is 8.69. The molecule has 3 aromatic rings. The van der Waals surface area contributed by atoms with E-state index >= 15 is 0 Å². The van der Waals surface area contributed by atoms with E-state index in [9.17, 15) is 4.79 Å². The van der Waals surface area contributed by atoms with Crippen LogP contribution in [-0.4, -0.2) is 57.2 Å². The highest BCUT2D eigenvalue weighted by Gasteiger charge is 2.24. The molecule has 0 unspecified atom stereocenters. The Bertz CT molecular complexity index is 955. The molecule has 6 nitrogen and oxygen atoms in total. The van der Waals surface area contributed by atoms with Gasteiger partial charge < -0.3 is 14.4 Å². The van der Waals surface area contributed by atoms with Gasteiger partial charge in [0.2, 0.25) is 0 Å². The first-order valence-corrected chi connectivity index (χ1v) is 10.3. The minimum atomic E-state index is -0.105. The number of benzene rings is 2. The number of anilines is 1. The molecule has 0 saturated carbocycles. The van der Waals surface area contributed by atoms with Crippen molar-refractivity contribution in [2.75, 3.05) is 46.3 Å². The largest absolute Gasteiger partial charge is 0.495 e. The van der Waals surface area contributed by atoms with E-state index in [1.54, 1.807) is 19.1 Å². The molecule has 3 rings (SSSR count). The normalized spacial score (nSPS) is 10.7. The van der Waals surface area contributed by atoms with Gasteiger partial charge in [0.25, 0.3) is 5.91 Å². The summed E-state index contributed by atoms with van der Waals surface area (Å²) in [7, 11) is 7.18. The van der Waals surface area contributed by atoms with E-state index in [0.717, 1.165) is 9.17 Å². The summed E-state index contributed by atoms with van der Waals surface area (Å²) >= 11 is 4.90. The third-order valence-corrected chi connectivity index (χ3v) is 6.03. The van der Waals surface area contributed by atoms with Gasteiger partial charge in [-0.2, -0.15) is 0 Å². The van der Waals surface area contributed by atoms with Gasteiger partial charge in [0, 0.05) is 17.6 Å². The van der Waals surface area contributed by atoms with Crippen LogP contribution >= 0.6 is 39.7 Å². The second-order valence-electron chi connectivity index (χ2n) is 6.38. The van der Waals surface area contributed by atoms with E-state index in [4.69, 9.17) is 14.5 Å². The number of hydrogen-bond acceptors (Lipinski definition) is 6. The van der Waals surface area contributed by atoms with Gasteiger partial charge in [0.15, 0.2) is 5.13 Å². The number of nitrogens with zero attached hydrogens (tertiary/aromatic N) is 3. The van der Waals surface area contributed by atoms with Crippen molar-refractivity contribution >= 4 is 60.9 Å². The fourth-order valence-electron chi connectivity index (χ4n) is 2.75. The van der Waals surface area contributed by atoms with E-state index in [1.165, 1.54) is 11.3 Å². The van der Waals surface area contributed by atoms with Crippen LogP contribution in [0.15, 0.2) is 40.9 Å². The van der Waals surface area contributed by atoms with Gasteiger partial charge >= 0.3 is 0 Å². The van der Waals surface area contributed by atoms with Crippen LogP contribution < -0.4 is 14.4 Å². The molecule has 0 aliphatic carbocycles. The smallest absolute Gasteiger partial charge is 0.261 e. The Hall–Kier alpha value is -1.87. The van der Waals surface area contributed by atoms with E-state index < -0.39 is 0 Å². The molecule has 0 aliphatic rings. The molecular weight excluding hydrogens is 478 g/mol. The highest BCUT2D eigenvalue weighted by molar-refractivity contribution is 9.10. The van der Waals surface area contributed by atoms with Gasteiger partial charge in [0.1, 0.15) is 21.7 Å². The van der Waals surface area contributed by atoms with E-state index in [-0.39, 0.29) is 18.3 Å². The van der Waals surface area contributed by atoms with Crippen LogP contribution in [0.2, 0.25) is 0 Å². The summed E-state index contributed by atoms with van der Waals surface area (Å²) in [6.07, 6.45) is 0. The van der Waals surface area contributed by atoms with Crippen molar-refractivity contribution in [3.05, 3.63) is 46.4 Å². The predicted octanol–water partition coefficient (Wildman–Crippen LogP) is 4.71. The topological polar surface area (TPSA) is 54.9 Å². The monoisotopic (exact) mass is 499 g/mol. The van der Waals surface area contributed by atoms with Gasteiger partial charge in [-0.05, 0) is 54.3 Å². The SMILES string of the molecule is COc1ccc(OC)c2sc(N(CCN(C)C)C(=O)c3ccccc3Br)nc12.Cl. The van der Waals surface area contributed by atoms with Crippen LogP contribution in [0.3, 0.4) is 0 Å². The first kappa shape index (κ1) is 23.4. The fraction of sp³-hybridized carbons (Fsp3) is 0.300. The Labute approximate surface area is 189 Å². The molecule has 1 aromatic heterocycles. The van der Waals surface area contributed by atoms with Crippen molar-refractivity contribution in [1.82, 2.24) is 9.88 Å². The molecule has 0 atom stereocenters. The number of likely N-dealkylation sites (N-methyl/N-ethyl adjacent to an activating group) is 1. The third-order valence-electron chi connectivity index (χ3n) is 4.25. The quantitative estimate of drug-likeness (QED) is 0.470. The molecule has 1 amide bonds. The number of methoxy groups -OCH3 is 2. The Morgan fingerprint density at radius 3 is 2.34 bits per heavy atom. The van der Waals surface area contributed by atoms with Crippen molar-refractivity contribution < 1.29 is 14.3 Å². The number of rotatable bonds is 7. The lowest BCUT2D eigenvalue weighted by Gasteiger charge is -2.22. The summed E-state index contributed by atoms with van der Waals surface area (Å²) in [6.45, 7) is 1.22. The highest BCUT2D eigenvalue weighted by atomic mass is 79.9. The molecule has 0 fully saturated rings. The average molecular weight is 501 g/mol. The lowest BCUT2D eigenvalue weighted by Crippen LogP contribution is -2.36.